The van der Waals surface area contributed by atoms with Gasteiger partial charge in [-0.2, -0.15) is 5.10 Å². The van der Waals surface area contributed by atoms with Crippen molar-refractivity contribution >= 4 is 45.1 Å². The fourth-order valence-electron chi connectivity index (χ4n) is 3.22. The number of carboxylic acids is 1. The molecule has 0 saturated carbocycles. The highest BCUT2D eigenvalue weighted by atomic mass is 79.9. The highest BCUT2D eigenvalue weighted by Crippen LogP contribution is 2.44. The van der Waals surface area contributed by atoms with Crippen molar-refractivity contribution < 1.29 is 14.6 Å². The molecule has 1 aliphatic carbocycles. The predicted octanol–water partition coefficient (Wildman–Crippen LogP) is 5.22. The minimum atomic E-state index is -1.08. The van der Waals surface area contributed by atoms with Gasteiger partial charge < -0.3 is 9.84 Å². The first-order chi connectivity index (χ1) is 12.4. The molecule has 26 heavy (non-hydrogen) atoms. The van der Waals surface area contributed by atoms with Crippen molar-refractivity contribution in [3.63, 3.8) is 0 Å². The average Bonchev–Trinajstić information content (AvgIpc) is 3.10. The maximum Gasteiger partial charge on any atom is 0.356 e. The van der Waals surface area contributed by atoms with E-state index in [1.165, 1.54) is 0 Å². The summed E-state index contributed by atoms with van der Waals surface area (Å²) in [6.07, 6.45) is 0.463. The lowest BCUT2D eigenvalue weighted by atomic mass is 10.1. The molecule has 1 N–H and O–H groups in total. The van der Waals surface area contributed by atoms with Crippen molar-refractivity contribution in [3.8, 4) is 22.7 Å². The Morgan fingerprint density at radius 2 is 1.92 bits per heavy atom. The van der Waals surface area contributed by atoms with Crippen LogP contribution in [0.4, 0.5) is 0 Å². The van der Waals surface area contributed by atoms with Gasteiger partial charge in [0.05, 0.1) is 23.0 Å². The largest absolute Gasteiger partial charge is 0.496 e. The maximum absolute atomic E-state index is 11.7. The van der Waals surface area contributed by atoms with Crippen LogP contribution in [0, 0.1) is 0 Å². The normalized spacial score (nSPS) is 12.0. The standard InChI is InChI=1S/C18H11BrCl2N2O3/c1-26-15-3-8-2-13-16(18(24)25)22-23(17(13)12(8)7-14(15)19)11-5-9(20)4-10(21)6-11/h3-7H,2H2,1H3,(H,24,25). The smallest absolute Gasteiger partial charge is 0.356 e. The lowest BCUT2D eigenvalue weighted by molar-refractivity contribution is 0.0689. The van der Waals surface area contributed by atoms with Gasteiger partial charge in [-0.1, -0.05) is 23.2 Å². The molecule has 1 heterocycles. The van der Waals surface area contributed by atoms with Gasteiger partial charge in [-0.15, -0.1) is 0 Å². The van der Waals surface area contributed by atoms with Gasteiger partial charge in [-0.25, -0.2) is 9.48 Å². The van der Waals surface area contributed by atoms with Crippen molar-refractivity contribution in [2.45, 2.75) is 6.42 Å². The van der Waals surface area contributed by atoms with Gasteiger partial charge in [0, 0.05) is 27.6 Å². The molecule has 0 fully saturated rings. The Kier molecular flexibility index (Phi) is 4.22. The molecule has 0 bridgehead atoms. The molecule has 1 aliphatic rings. The minimum absolute atomic E-state index is 0.0161. The molecule has 3 aromatic rings. The quantitative estimate of drug-likeness (QED) is 0.461. The van der Waals surface area contributed by atoms with E-state index in [4.69, 9.17) is 27.9 Å². The Balaban J connectivity index is 2.01. The number of methoxy groups -OCH3 is 1. The van der Waals surface area contributed by atoms with Gasteiger partial charge >= 0.3 is 5.97 Å². The number of carbonyl (C=O) groups is 1. The molecule has 5 nitrogen and oxygen atoms in total. The van der Waals surface area contributed by atoms with Gasteiger partial charge in [0.25, 0.3) is 0 Å². The summed E-state index contributed by atoms with van der Waals surface area (Å²) in [6, 6.07) is 8.83. The Bertz CT molecular complexity index is 1060. The van der Waals surface area contributed by atoms with Crippen LogP contribution in [0.1, 0.15) is 21.6 Å². The van der Waals surface area contributed by atoms with E-state index in [-0.39, 0.29) is 5.69 Å². The van der Waals surface area contributed by atoms with Crippen molar-refractivity contribution in [2.24, 2.45) is 0 Å². The first-order valence-corrected chi connectivity index (χ1v) is 9.12. The summed E-state index contributed by atoms with van der Waals surface area (Å²) >= 11 is 15.7. The molecule has 4 rings (SSSR count). The number of nitrogens with zero attached hydrogens (tertiary/aromatic N) is 2. The molecular formula is C18H11BrCl2N2O3. The van der Waals surface area contributed by atoms with E-state index in [1.54, 1.807) is 30.0 Å². The fourth-order valence-corrected chi connectivity index (χ4v) is 4.24. The van der Waals surface area contributed by atoms with E-state index in [1.807, 2.05) is 12.1 Å². The summed E-state index contributed by atoms with van der Waals surface area (Å²) in [6.45, 7) is 0. The van der Waals surface area contributed by atoms with Crippen LogP contribution in [-0.4, -0.2) is 28.0 Å². The first-order valence-electron chi connectivity index (χ1n) is 7.57. The zero-order valence-electron chi connectivity index (χ0n) is 13.4. The van der Waals surface area contributed by atoms with Crippen molar-refractivity contribution in [1.29, 1.82) is 0 Å². The van der Waals surface area contributed by atoms with Gasteiger partial charge in [0.15, 0.2) is 5.69 Å². The minimum Gasteiger partial charge on any atom is -0.496 e. The van der Waals surface area contributed by atoms with Gasteiger partial charge in [0.1, 0.15) is 5.75 Å². The lowest BCUT2D eigenvalue weighted by Gasteiger charge is -2.11. The molecule has 8 heteroatoms. The highest BCUT2D eigenvalue weighted by molar-refractivity contribution is 9.10. The number of fused-ring (bicyclic) bond motifs is 3. The second kappa shape index (κ2) is 6.30. The third kappa shape index (κ3) is 2.69. The van der Waals surface area contributed by atoms with Gasteiger partial charge in [0.2, 0.25) is 0 Å². The second-order valence-corrected chi connectivity index (χ2v) is 7.57. The van der Waals surface area contributed by atoms with Crippen LogP contribution in [0.2, 0.25) is 10.0 Å². The summed E-state index contributed by atoms with van der Waals surface area (Å²) in [4.78, 5) is 11.7. The SMILES string of the molecule is COc1cc2c(cc1Br)-c1c(c(C(=O)O)nn1-c1cc(Cl)cc(Cl)c1)C2. The number of benzene rings is 2. The topological polar surface area (TPSA) is 64.3 Å². The summed E-state index contributed by atoms with van der Waals surface area (Å²) in [5.41, 5.74) is 3.86. The summed E-state index contributed by atoms with van der Waals surface area (Å²) in [7, 11) is 1.59. The number of hydrogen-bond donors (Lipinski definition) is 1. The molecule has 0 aliphatic heterocycles. The average molecular weight is 454 g/mol. The Morgan fingerprint density at radius 1 is 1.23 bits per heavy atom. The number of ether oxygens (including phenoxy) is 1. The number of aromatic carboxylic acids is 1. The van der Waals surface area contributed by atoms with Crippen molar-refractivity contribution in [3.05, 3.63) is 61.7 Å². The lowest BCUT2D eigenvalue weighted by Crippen LogP contribution is -2.04. The fraction of sp³-hybridized carbons (Fsp3) is 0.111. The molecule has 132 valence electrons. The molecule has 0 unspecified atom stereocenters. The van der Waals surface area contributed by atoms with Crippen molar-refractivity contribution in [2.75, 3.05) is 7.11 Å². The van der Waals surface area contributed by atoms with Crippen LogP contribution < -0.4 is 4.74 Å². The Labute approximate surface area is 167 Å². The zero-order chi connectivity index (χ0) is 18.6. The highest BCUT2D eigenvalue weighted by Gasteiger charge is 2.32. The van der Waals surface area contributed by atoms with E-state index < -0.39 is 5.97 Å². The molecule has 0 amide bonds. The van der Waals surface area contributed by atoms with Crippen LogP contribution in [0.25, 0.3) is 16.9 Å². The van der Waals surface area contributed by atoms with Crippen LogP contribution >= 0.6 is 39.1 Å². The Morgan fingerprint density at radius 3 is 2.54 bits per heavy atom. The van der Waals surface area contributed by atoms with Crippen LogP contribution in [-0.2, 0) is 6.42 Å². The van der Waals surface area contributed by atoms with Crippen molar-refractivity contribution in [1.82, 2.24) is 9.78 Å². The first kappa shape index (κ1) is 17.4. The van der Waals surface area contributed by atoms with Gasteiger partial charge in [-0.05, 0) is 51.8 Å². The predicted molar refractivity (Wildman–Crippen MR) is 103 cm³/mol. The van der Waals surface area contributed by atoms with E-state index in [9.17, 15) is 9.90 Å². The molecular weight excluding hydrogens is 443 g/mol. The second-order valence-electron chi connectivity index (χ2n) is 5.84. The van der Waals surface area contributed by atoms with E-state index in [0.29, 0.717) is 33.5 Å². The molecule has 0 saturated heterocycles. The third-order valence-corrected chi connectivity index (χ3v) is 5.33. The molecule has 2 aromatic carbocycles. The number of hydrogen-bond acceptors (Lipinski definition) is 3. The molecule has 0 spiro atoms. The number of rotatable bonds is 3. The molecule has 1 aromatic heterocycles. The van der Waals surface area contributed by atoms with E-state index in [0.717, 1.165) is 21.3 Å². The van der Waals surface area contributed by atoms with E-state index in [2.05, 4.69) is 21.0 Å². The number of aromatic nitrogens is 2. The van der Waals surface area contributed by atoms with Gasteiger partial charge in [-0.3, -0.25) is 0 Å². The summed E-state index contributed by atoms with van der Waals surface area (Å²) < 4.78 is 7.71. The van der Waals surface area contributed by atoms with E-state index >= 15 is 0 Å². The summed E-state index contributed by atoms with van der Waals surface area (Å²) in [5.74, 6) is -0.386. The molecule has 0 atom stereocenters. The maximum atomic E-state index is 11.7. The number of halogens is 3. The number of carboxylic acid groups (broad SMARTS) is 1. The third-order valence-electron chi connectivity index (χ3n) is 4.28. The Hall–Kier alpha value is -2.02. The monoisotopic (exact) mass is 452 g/mol. The van der Waals surface area contributed by atoms with Crippen LogP contribution in [0.15, 0.2) is 34.8 Å². The van der Waals surface area contributed by atoms with Crippen LogP contribution in [0.5, 0.6) is 5.75 Å². The molecule has 0 radical (unpaired) electrons. The van der Waals surface area contributed by atoms with Crippen LogP contribution in [0.3, 0.4) is 0 Å². The summed E-state index contributed by atoms with van der Waals surface area (Å²) in [5, 5.41) is 14.8. The zero-order valence-corrected chi connectivity index (χ0v) is 16.5.